The second-order valence-electron chi connectivity index (χ2n) is 8.80. The van der Waals surface area contributed by atoms with Crippen molar-refractivity contribution in [2.45, 2.75) is 38.1 Å². The van der Waals surface area contributed by atoms with E-state index < -0.39 is 5.97 Å². The highest BCUT2D eigenvalue weighted by Crippen LogP contribution is 2.39. The van der Waals surface area contributed by atoms with Crippen molar-refractivity contribution >= 4 is 40.2 Å². The van der Waals surface area contributed by atoms with Crippen LogP contribution in [-0.2, 0) is 11.8 Å². The molecule has 1 unspecified atom stereocenters. The number of halogens is 1. The van der Waals surface area contributed by atoms with Crippen molar-refractivity contribution in [2.24, 2.45) is 13.0 Å². The second-order valence-corrected chi connectivity index (χ2v) is 9.24. The quantitative estimate of drug-likeness (QED) is 0.479. The summed E-state index contributed by atoms with van der Waals surface area (Å²) >= 11 is 6.22. The molecule has 0 spiro atoms. The molecular weight excluding hydrogens is 440 g/mol. The lowest BCUT2D eigenvalue weighted by Crippen LogP contribution is -2.29. The van der Waals surface area contributed by atoms with Crippen LogP contribution >= 0.6 is 11.6 Å². The number of anilines is 1. The Bertz CT molecular complexity index is 1150. The van der Waals surface area contributed by atoms with Gasteiger partial charge in [-0.3, -0.25) is 9.59 Å². The van der Waals surface area contributed by atoms with E-state index >= 15 is 0 Å². The summed E-state index contributed by atoms with van der Waals surface area (Å²) in [7, 11) is 3.68. The van der Waals surface area contributed by atoms with Crippen LogP contribution in [0.15, 0.2) is 42.6 Å². The fourth-order valence-corrected chi connectivity index (χ4v) is 4.89. The van der Waals surface area contributed by atoms with Crippen molar-refractivity contribution in [3.8, 4) is 0 Å². The van der Waals surface area contributed by atoms with E-state index in [1.807, 2.05) is 24.3 Å². The molecule has 1 fully saturated rings. The largest absolute Gasteiger partial charge is 0.481 e. The van der Waals surface area contributed by atoms with E-state index in [1.165, 1.54) is 23.4 Å². The van der Waals surface area contributed by atoms with E-state index in [2.05, 4.69) is 28.0 Å². The maximum Gasteiger partial charge on any atom is 0.305 e. The fourth-order valence-electron chi connectivity index (χ4n) is 4.71. The maximum atomic E-state index is 12.6. The zero-order valence-corrected chi connectivity index (χ0v) is 19.7. The van der Waals surface area contributed by atoms with Gasteiger partial charge in [-0.1, -0.05) is 24.4 Å². The summed E-state index contributed by atoms with van der Waals surface area (Å²) in [5.74, 6) is 0.0303. The SMILES string of the molecule is CN(CCC(=O)O)C(=O)c1ccc(NC(c2cc3cc(Cl)ccc3n2C)C2CCCC2)nc1. The van der Waals surface area contributed by atoms with Crippen LogP contribution in [0.3, 0.4) is 0 Å². The Labute approximate surface area is 198 Å². The van der Waals surface area contributed by atoms with Gasteiger partial charge in [0.1, 0.15) is 5.82 Å². The Morgan fingerprint density at radius 2 is 2.00 bits per heavy atom. The third-order valence-corrected chi connectivity index (χ3v) is 6.79. The van der Waals surface area contributed by atoms with E-state index in [0.29, 0.717) is 17.3 Å². The number of hydrogen-bond donors (Lipinski definition) is 2. The van der Waals surface area contributed by atoms with Crippen LogP contribution in [0.25, 0.3) is 10.9 Å². The number of aliphatic carboxylic acids is 1. The number of carboxylic acid groups (broad SMARTS) is 1. The topological polar surface area (TPSA) is 87.5 Å². The average molecular weight is 469 g/mol. The molecular formula is C25H29ClN4O3. The van der Waals surface area contributed by atoms with Crippen molar-refractivity contribution in [2.75, 3.05) is 18.9 Å². The summed E-state index contributed by atoms with van der Waals surface area (Å²) in [5, 5.41) is 14.3. The Kier molecular flexibility index (Phi) is 6.88. The van der Waals surface area contributed by atoms with E-state index in [4.69, 9.17) is 16.7 Å². The second kappa shape index (κ2) is 9.83. The molecule has 2 heterocycles. The molecule has 0 bridgehead atoms. The first-order chi connectivity index (χ1) is 15.8. The van der Waals surface area contributed by atoms with Crippen molar-refractivity contribution in [1.82, 2.24) is 14.5 Å². The lowest BCUT2D eigenvalue weighted by molar-refractivity contribution is -0.137. The number of fused-ring (bicyclic) bond motifs is 1. The number of nitrogens with zero attached hydrogens (tertiary/aromatic N) is 3. The predicted molar refractivity (Wildman–Crippen MR) is 130 cm³/mol. The molecule has 1 atom stereocenters. The first-order valence-corrected chi connectivity index (χ1v) is 11.7. The van der Waals surface area contributed by atoms with Crippen LogP contribution in [0, 0.1) is 5.92 Å². The average Bonchev–Trinajstić information content (AvgIpc) is 3.44. The lowest BCUT2D eigenvalue weighted by atomic mass is 9.95. The molecule has 1 aliphatic rings. The third kappa shape index (κ3) is 5.14. The number of aryl methyl sites for hydroxylation is 1. The standard InChI is InChI=1S/C25H29ClN4O3/c1-29(12-11-23(31)32)25(33)17-7-10-22(27-15-17)28-24(16-5-3-4-6-16)21-14-18-13-19(26)8-9-20(18)30(21)2/h7-10,13-16,24H,3-6,11-12H2,1-2H3,(H,27,28)(H,31,32). The third-order valence-electron chi connectivity index (χ3n) is 6.55. The molecule has 0 aliphatic heterocycles. The molecule has 33 heavy (non-hydrogen) atoms. The monoisotopic (exact) mass is 468 g/mol. The van der Waals surface area contributed by atoms with Crippen LogP contribution < -0.4 is 5.32 Å². The molecule has 1 amide bonds. The molecule has 1 aromatic carbocycles. The minimum absolute atomic E-state index is 0.0887. The van der Waals surface area contributed by atoms with Crippen LogP contribution in [0.4, 0.5) is 5.82 Å². The van der Waals surface area contributed by atoms with Gasteiger partial charge in [0.05, 0.1) is 18.0 Å². The maximum absolute atomic E-state index is 12.6. The van der Waals surface area contributed by atoms with Gasteiger partial charge in [0.2, 0.25) is 0 Å². The van der Waals surface area contributed by atoms with Crippen molar-refractivity contribution in [3.63, 3.8) is 0 Å². The van der Waals surface area contributed by atoms with Crippen molar-refractivity contribution in [1.29, 1.82) is 0 Å². The number of hydrogen-bond acceptors (Lipinski definition) is 4. The summed E-state index contributed by atoms with van der Waals surface area (Å²) in [6, 6.07) is 11.8. The van der Waals surface area contributed by atoms with Gasteiger partial charge in [-0.05, 0) is 55.2 Å². The molecule has 8 heteroatoms. The zero-order chi connectivity index (χ0) is 23.5. The molecule has 174 valence electrons. The minimum atomic E-state index is -0.930. The van der Waals surface area contributed by atoms with Gasteiger partial charge in [0.25, 0.3) is 5.91 Å². The fraction of sp³-hybridized carbons (Fsp3) is 0.400. The van der Waals surface area contributed by atoms with E-state index in [1.54, 1.807) is 19.3 Å². The predicted octanol–water partition coefficient (Wildman–Crippen LogP) is 5.12. The summed E-state index contributed by atoms with van der Waals surface area (Å²) < 4.78 is 2.22. The van der Waals surface area contributed by atoms with Crippen molar-refractivity contribution in [3.05, 3.63) is 58.9 Å². The molecule has 2 N–H and O–H groups in total. The Balaban J connectivity index is 1.56. The number of carbonyl (C=O) groups is 2. The van der Waals surface area contributed by atoms with Gasteiger partial charge in [0.15, 0.2) is 0 Å². The Hall–Kier alpha value is -3.06. The molecule has 0 radical (unpaired) electrons. The number of aromatic nitrogens is 2. The van der Waals surface area contributed by atoms with Crippen LogP contribution in [0.1, 0.15) is 54.2 Å². The zero-order valence-electron chi connectivity index (χ0n) is 18.9. The highest BCUT2D eigenvalue weighted by Gasteiger charge is 2.29. The number of amides is 1. The number of carboxylic acids is 1. The molecule has 7 nitrogen and oxygen atoms in total. The van der Waals surface area contributed by atoms with E-state index in [9.17, 15) is 9.59 Å². The summed E-state index contributed by atoms with van der Waals surface area (Å²) in [5.41, 5.74) is 2.76. The Morgan fingerprint density at radius 3 is 2.67 bits per heavy atom. The number of benzene rings is 1. The molecule has 1 aliphatic carbocycles. The number of rotatable bonds is 8. The molecule has 0 saturated heterocycles. The Morgan fingerprint density at radius 1 is 1.24 bits per heavy atom. The van der Waals surface area contributed by atoms with Gasteiger partial charge in [-0.15, -0.1) is 0 Å². The molecule has 4 rings (SSSR count). The van der Waals surface area contributed by atoms with Gasteiger partial charge in [0, 0.05) is 48.5 Å². The minimum Gasteiger partial charge on any atom is -0.481 e. The van der Waals surface area contributed by atoms with Gasteiger partial charge >= 0.3 is 5.97 Å². The highest BCUT2D eigenvalue weighted by molar-refractivity contribution is 6.31. The van der Waals surface area contributed by atoms with Gasteiger partial charge in [-0.25, -0.2) is 4.98 Å². The lowest BCUT2D eigenvalue weighted by Gasteiger charge is -2.26. The van der Waals surface area contributed by atoms with E-state index in [-0.39, 0.29) is 24.9 Å². The summed E-state index contributed by atoms with van der Waals surface area (Å²) in [6.07, 6.45) is 6.23. The molecule has 2 aromatic heterocycles. The number of nitrogens with one attached hydrogen (secondary N) is 1. The number of pyridine rings is 1. The van der Waals surface area contributed by atoms with Gasteiger partial charge < -0.3 is 19.9 Å². The first kappa shape index (κ1) is 23.1. The molecule has 3 aromatic rings. The molecule has 1 saturated carbocycles. The summed E-state index contributed by atoms with van der Waals surface area (Å²) in [4.78, 5) is 29.2. The van der Waals surface area contributed by atoms with Crippen LogP contribution in [0.2, 0.25) is 5.02 Å². The highest BCUT2D eigenvalue weighted by atomic mass is 35.5. The smallest absolute Gasteiger partial charge is 0.305 e. The van der Waals surface area contributed by atoms with E-state index in [0.717, 1.165) is 28.8 Å². The van der Waals surface area contributed by atoms with Crippen LogP contribution in [-0.4, -0.2) is 45.0 Å². The summed E-state index contributed by atoms with van der Waals surface area (Å²) in [6.45, 7) is 0.156. The normalized spacial score (nSPS) is 15.0. The number of carbonyl (C=O) groups excluding carboxylic acids is 1. The van der Waals surface area contributed by atoms with Gasteiger partial charge in [-0.2, -0.15) is 0 Å². The van der Waals surface area contributed by atoms with Crippen molar-refractivity contribution < 1.29 is 14.7 Å². The first-order valence-electron chi connectivity index (χ1n) is 11.3. The van der Waals surface area contributed by atoms with Crippen LogP contribution in [0.5, 0.6) is 0 Å².